The van der Waals surface area contributed by atoms with Crippen LogP contribution in [0.1, 0.15) is 21.7 Å². The van der Waals surface area contributed by atoms with Crippen molar-refractivity contribution in [2.24, 2.45) is 0 Å². The highest BCUT2D eigenvalue weighted by Gasteiger charge is 2.14. The van der Waals surface area contributed by atoms with Crippen LogP contribution >= 0.6 is 0 Å². The molecule has 4 nitrogen and oxygen atoms in total. The van der Waals surface area contributed by atoms with E-state index in [1.807, 2.05) is 5.32 Å². The molecule has 0 radical (unpaired) electrons. The van der Waals surface area contributed by atoms with E-state index in [1.54, 1.807) is 0 Å². The molecule has 3 amide bonds. The van der Waals surface area contributed by atoms with Gasteiger partial charge in [-0.3, -0.25) is 10.1 Å². The van der Waals surface area contributed by atoms with Gasteiger partial charge < -0.3 is 5.32 Å². The predicted molar refractivity (Wildman–Crippen MR) is 39.6 cm³/mol. The maximum Gasteiger partial charge on any atom is 0.321 e. The number of imide groups is 1. The Hall–Kier alpha value is -1.06. The number of hydrogen-bond acceptors (Lipinski definition) is 2. The Labute approximate surface area is 61.5 Å². The average Bonchev–Trinajstić information content (AvgIpc) is 2.17. The molecule has 0 atom stereocenters. The highest BCUT2D eigenvalue weighted by atomic mass is 16.2. The zero-order valence-electron chi connectivity index (χ0n) is 6.23. The third-order valence-electron chi connectivity index (χ3n) is 0.662. The van der Waals surface area contributed by atoms with Gasteiger partial charge in [0.15, 0.2) is 0 Å². The summed E-state index contributed by atoms with van der Waals surface area (Å²) in [6.07, 6.45) is 1.25. The van der Waals surface area contributed by atoms with Gasteiger partial charge in [-0.1, -0.05) is 20.3 Å². The monoisotopic (exact) mass is 146 g/mol. The second kappa shape index (κ2) is 4.78. The van der Waals surface area contributed by atoms with E-state index in [0.29, 0.717) is 0 Å². The van der Waals surface area contributed by atoms with E-state index in [9.17, 15) is 9.59 Å². The van der Waals surface area contributed by atoms with Crippen LogP contribution in [0.3, 0.4) is 0 Å². The lowest BCUT2D eigenvalue weighted by Crippen LogP contribution is -2.22. The maximum absolute atomic E-state index is 10.1. The topological polar surface area (TPSA) is 58.2 Å². The minimum atomic E-state index is -0.398. The molecule has 0 aromatic heterocycles. The van der Waals surface area contributed by atoms with Gasteiger partial charge in [-0.2, -0.15) is 0 Å². The van der Waals surface area contributed by atoms with Crippen molar-refractivity contribution in [1.82, 2.24) is 10.6 Å². The predicted octanol–water partition coefficient (Wildman–Crippen LogP) is 0.488. The lowest BCUT2D eigenvalue weighted by molar-refractivity contribution is -0.117. The lowest BCUT2D eigenvalue weighted by Gasteiger charge is -1.78. The molecule has 2 N–H and O–H groups in total. The molecule has 1 aliphatic heterocycles. The van der Waals surface area contributed by atoms with E-state index in [4.69, 9.17) is 0 Å². The van der Waals surface area contributed by atoms with E-state index in [-0.39, 0.29) is 13.9 Å². The second-order valence-corrected chi connectivity index (χ2v) is 1.94. The SMILES string of the molecule is CCC.O=C1CNC(=O)N1.[HH]. The zero-order chi connectivity index (χ0) is 7.98. The van der Waals surface area contributed by atoms with E-state index in [2.05, 4.69) is 19.2 Å². The summed E-state index contributed by atoms with van der Waals surface area (Å²) in [5.74, 6) is -0.259. The van der Waals surface area contributed by atoms with Gasteiger partial charge in [-0.15, -0.1) is 0 Å². The van der Waals surface area contributed by atoms with Crippen LogP contribution in [0.5, 0.6) is 0 Å². The summed E-state index contributed by atoms with van der Waals surface area (Å²) in [4.78, 5) is 20.1. The quantitative estimate of drug-likeness (QED) is 0.488. The molecule has 1 heterocycles. The molecule has 1 aliphatic rings. The Kier molecular flexibility index (Phi) is 4.28. The standard InChI is InChI=1S/C3H4N2O2.C3H8.H2/c6-2-1-4-3(7)5-2;1-3-2;/h1H2,(H2,4,5,6,7);3H2,1-2H3;1H. The average molecular weight is 146 g/mol. The fourth-order valence-corrected chi connectivity index (χ4v) is 0.376. The van der Waals surface area contributed by atoms with Gasteiger partial charge in [0, 0.05) is 1.43 Å². The first-order valence-corrected chi connectivity index (χ1v) is 3.28. The van der Waals surface area contributed by atoms with Crippen molar-refractivity contribution in [3.05, 3.63) is 0 Å². The van der Waals surface area contributed by atoms with Gasteiger partial charge in [0.1, 0.15) is 0 Å². The Balaban J connectivity index is 0. The molecule has 1 rings (SSSR count). The molecular weight excluding hydrogens is 132 g/mol. The molecule has 4 heteroatoms. The van der Waals surface area contributed by atoms with Crippen molar-refractivity contribution in [3.63, 3.8) is 0 Å². The van der Waals surface area contributed by atoms with Crippen molar-refractivity contribution in [2.45, 2.75) is 20.3 Å². The van der Waals surface area contributed by atoms with Crippen LogP contribution < -0.4 is 10.6 Å². The normalized spacial score (nSPS) is 15.0. The van der Waals surface area contributed by atoms with Gasteiger partial charge in [0.2, 0.25) is 5.91 Å². The van der Waals surface area contributed by atoms with Crippen LogP contribution in [0.2, 0.25) is 0 Å². The number of urea groups is 1. The van der Waals surface area contributed by atoms with Crippen LogP contribution in [0.4, 0.5) is 4.79 Å². The molecule has 0 aromatic rings. The highest BCUT2D eigenvalue weighted by molar-refractivity contribution is 6.01. The van der Waals surface area contributed by atoms with Crippen molar-refractivity contribution < 1.29 is 11.0 Å². The van der Waals surface area contributed by atoms with Crippen molar-refractivity contribution in [3.8, 4) is 0 Å². The summed E-state index contributed by atoms with van der Waals surface area (Å²) >= 11 is 0. The zero-order valence-corrected chi connectivity index (χ0v) is 6.23. The summed E-state index contributed by atoms with van der Waals surface area (Å²) in [5.41, 5.74) is 0. The summed E-state index contributed by atoms with van der Waals surface area (Å²) < 4.78 is 0. The number of amides is 3. The molecule has 0 unspecified atom stereocenters. The minimum absolute atomic E-state index is 0. The summed E-state index contributed by atoms with van der Waals surface area (Å²) in [6, 6.07) is -0.398. The van der Waals surface area contributed by atoms with E-state index >= 15 is 0 Å². The fraction of sp³-hybridized carbons (Fsp3) is 0.667. The van der Waals surface area contributed by atoms with Crippen LogP contribution in [0.25, 0.3) is 0 Å². The number of carbonyl (C=O) groups is 2. The first-order chi connectivity index (χ1) is 4.70. The van der Waals surface area contributed by atoms with Crippen LogP contribution in [0, 0.1) is 0 Å². The Morgan fingerprint density at radius 3 is 2.10 bits per heavy atom. The van der Waals surface area contributed by atoms with E-state index in [0.717, 1.165) is 0 Å². The molecule has 0 aromatic carbocycles. The molecule has 0 bridgehead atoms. The maximum atomic E-state index is 10.1. The molecule has 1 fully saturated rings. The fourth-order valence-electron chi connectivity index (χ4n) is 0.376. The van der Waals surface area contributed by atoms with Gasteiger partial charge in [0.25, 0.3) is 0 Å². The van der Waals surface area contributed by atoms with Crippen molar-refractivity contribution in [1.29, 1.82) is 0 Å². The van der Waals surface area contributed by atoms with Gasteiger partial charge >= 0.3 is 6.03 Å². The first-order valence-electron chi connectivity index (χ1n) is 3.28. The van der Waals surface area contributed by atoms with Crippen LogP contribution in [0.15, 0.2) is 0 Å². The Morgan fingerprint density at radius 2 is 2.00 bits per heavy atom. The molecule has 0 spiro atoms. The third-order valence-corrected chi connectivity index (χ3v) is 0.662. The minimum Gasteiger partial charge on any atom is -0.329 e. The van der Waals surface area contributed by atoms with Gasteiger partial charge in [0.05, 0.1) is 6.54 Å². The molecule has 0 saturated carbocycles. The van der Waals surface area contributed by atoms with Crippen LogP contribution in [-0.4, -0.2) is 18.5 Å². The molecule has 10 heavy (non-hydrogen) atoms. The number of rotatable bonds is 0. The first kappa shape index (κ1) is 8.94. The largest absolute Gasteiger partial charge is 0.329 e. The summed E-state index contributed by atoms with van der Waals surface area (Å²) in [5, 5.41) is 4.30. The molecule has 60 valence electrons. The summed E-state index contributed by atoms with van der Waals surface area (Å²) in [6.45, 7) is 4.37. The van der Waals surface area contributed by atoms with E-state index in [1.165, 1.54) is 6.42 Å². The molecular formula is C6H14N2O2. The second-order valence-electron chi connectivity index (χ2n) is 1.94. The third kappa shape index (κ3) is 3.88. The van der Waals surface area contributed by atoms with E-state index < -0.39 is 6.03 Å². The number of nitrogens with one attached hydrogen (secondary N) is 2. The number of carbonyl (C=O) groups excluding carboxylic acids is 2. The van der Waals surface area contributed by atoms with Crippen molar-refractivity contribution >= 4 is 11.9 Å². The highest BCUT2D eigenvalue weighted by Crippen LogP contribution is 1.73. The summed E-state index contributed by atoms with van der Waals surface area (Å²) in [7, 11) is 0. The van der Waals surface area contributed by atoms with Crippen molar-refractivity contribution in [2.75, 3.05) is 6.54 Å². The molecule has 0 aliphatic carbocycles. The van der Waals surface area contributed by atoms with Crippen LogP contribution in [-0.2, 0) is 4.79 Å². The number of hydrogen-bond donors (Lipinski definition) is 2. The Morgan fingerprint density at radius 1 is 1.50 bits per heavy atom. The van der Waals surface area contributed by atoms with Gasteiger partial charge in [-0.25, -0.2) is 4.79 Å². The Bertz CT molecular complexity index is 125. The van der Waals surface area contributed by atoms with Gasteiger partial charge in [-0.05, 0) is 0 Å². The molecule has 1 saturated heterocycles. The lowest BCUT2D eigenvalue weighted by atomic mass is 10.6. The smallest absolute Gasteiger partial charge is 0.321 e.